The number of hydrogen-bond donors (Lipinski definition) is 2. The van der Waals surface area contributed by atoms with Gasteiger partial charge in [0.15, 0.2) is 0 Å². The van der Waals surface area contributed by atoms with Crippen LogP contribution in [0.1, 0.15) is 5.82 Å². The molecule has 0 fully saturated rings. The van der Waals surface area contributed by atoms with Gasteiger partial charge in [0, 0.05) is 5.56 Å². The van der Waals surface area contributed by atoms with Gasteiger partial charge in [0.05, 0.1) is 5.69 Å². The summed E-state index contributed by atoms with van der Waals surface area (Å²) in [6.45, 7) is 1.88. The number of aromatic nitrogens is 4. The van der Waals surface area contributed by atoms with Gasteiger partial charge in [-0.1, -0.05) is 30.3 Å². The molecule has 0 bridgehead atoms. The Morgan fingerprint density at radius 1 is 1.19 bits per heavy atom. The third kappa shape index (κ3) is 1.11. The number of H-pyrrole nitrogens is 1. The average molecular weight is 213 g/mol. The molecular formula is C11H11N5. The van der Waals surface area contributed by atoms with Crippen molar-refractivity contribution in [2.45, 2.75) is 6.92 Å². The van der Waals surface area contributed by atoms with Crippen LogP contribution in [0.15, 0.2) is 30.3 Å². The largest absolute Gasteiger partial charge is 0.394 e. The second kappa shape index (κ2) is 3.10. The number of nitrogens with zero attached hydrogens (tertiary/aromatic N) is 3. The first kappa shape index (κ1) is 8.96. The molecule has 0 aliphatic heterocycles. The second-order valence-corrected chi connectivity index (χ2v) is 3.67. The number of nitrogens with one attached hydrogen (secondary N) is 1. The molecule has 3 aromatic rings. The van der Waals surface area contributed by atoms with Gasteiger partial charge in [-0.2, -0.15) is 0 Å². The summed E-state index contributed by atoms with van der Waals surface area (Å²) in [5, 5.41) is 11.2. The molecule has 0 aliphatic rings. The van der Waals surface area contributed by atoms with E-state index in [1.807, 2.05) is 37.3 Å². The Hall–Kier alpha value is -2.30. The standard InChI is InChI=1S/C11H11N5/c1-7-13-14-11-9(12)10(15-16(7)11)8-5-3-2-4-6-8/h2-6,15H,12H2,1H3. The zero-order valence-corrected chi connectivity index (χ0v) is 8.81. The van der Waals surface area contributed by atoms with Crippen molar-refractivity contribution >= 4 is 11.3 Å². The van der Waals surface area contributed by atoms with Crippen molar-refractivity contribution in [2.24, 2.45) is 0 Å². The van der Waals surface area contributed by atoms with Crippen LogP contribution < -0.4 is 5.73 Å². The van der Waals surface area contributed by atoms with Crippen LogP contribution in [-0.4, -0.2) is 19.8 Å². The number of hydrogen-bond acceptors (Lipinski definition) is 3. The van der Waals surface area contributed by atoms with E-state index in [4.69, 9.17) is 5.73 Å². The van der Waals surface area contributed by atoms with Crippen molar-refractivity contribution in [1.82, 2.24) is 19.8 Å². The minimum absolute atomic E-state index is 0.631. The lowest BCUT2D eigenvalue weighted by Crippen LogP contribution is -1.89. The molecule has 0 unspecified atom stereocenters. The fourth-order valence-electron chi connectivity index (χ4n) is 1.78. The fourth-order valence-corrected chi connectivity index (χ4v) is 1.78. The Labute approximate surface area is 91.9 Å². The van der Waals surface area contributed by atoms with Gasteiger partial charge in [-0.3, -0.25) is 5.10 Å². The number of aromatic amines is 1. The number of fused-ring (bicyclic) bond motifs is 1. The fraction of sp³-hybridized carbons (Fsp3) is 0.0909. The molecule has 0 radical (unpaired) electrons. The van der Waals surface area contributed by atoms with Crippen LogP contribution in [0.2, 0.25) is 0 Å². The summed E-state index contributed by atoms with van der Waals surface area (Å²) in [4.78, 5) is 0. The summed E-state index contributed by atoms with van der Waals surface area (Å²) >= 11 is 0. The van der Waals surface area contributed by atoms with E-state index in [1.54, 1.807) is 4.52 Å². The summed E-state index contributed by atoms with van der Waals surface area (Å²) in [6, 6.07) is 9.93. The Bertz CT molecular complexity index is 635. The molecular weight excluding hydrogens is 202 g/mol. The van der Waals surface area contributed by atoms with Gasteiger partial charge in [0.1, 0.15) is 11.5 Å². The first-order valence-electron chi connectivity index (χ1n) is 5.02. The monoisotopic (exact) mass is 213 g/mol. The molecule has 16 heavy (non-hydrogen) atoms. The number of benzene rings is 1. The van der Waals surface area contributed by atoms with Crippen molar-refractivity contribution in [2.75, 3.05) is 5.73 Å². The zero-order valence-electron chi connectivity index (χ0n) is 8.81. The second-order valence-electron chi connectivity index (χ2n) is 3.67. The van der Waals surface area contributed by atoms with E-state index in [0.29, 0.717) is 11.3 Å². The number of anilines is 1. The normalized spacial score (nSPS) is 11.1. The number of nitrogen functional groups attached to an aromatic ring is 1. The van der Waals surface area contributed by atoms with Gasteiger partial charge >= 0.3 is 0 Å². The van der Waals surface area contributed by atoms with Crippen LogP contribution in [0.3, 0.4) is 0 Å². The summed E-state index contributed by atoms with van der Waals surface area (Å²) in [7, 11) is 0. The van der Waals surface area contributed by atoms with Gasteiger partial charge in [-0.05, 0) is 6.92 Å². The highest BCUT2D eigenvalue weighted by Crippen LogP contribution is 2.27. The highest BCUT2D eigenvalue weighted by Gasteiger charge is 2.13. The lowest BCUT2D eigenvalue weighted by molar-refractivity contribution is 0.897. The van der Waals surface area contributed by atoms with Gasteiger partial charge in [0.25, 0.3) is 0 Å². The van der Waals surface area contributed by atoms with E-state index in [1.165, 1.54) is 0 Å². The van der Waals surface area contributed by atoms with Crippen molar-refractivity contribution in [3.8, 4) is 11.3 Å². The smallest absolute Gasteiger partial charge is 0.201 e. The molecule has 0 atom stereocenters. The molecule has 0 saturated carbocycles. The molecule has 0 saturated heterocycles. The van der Waals surface area contributed by atoms with Crippen LogP contribution >= 0.6 is 0 Å². The van der Waals surface area contributed by atoms with E-state index in [-0.39, 0.29) is 0 Å². The highest BCUT2D eigenvalue weighted by molar-refractivity contribution is 5.82. The van der Waals surface area contributed by atoms with E-state index < -0.39 is 0 Å². The van der Waals surface area contributed by atoms with E-state index in [2.05, 4.69) is 15.3 Å². The Morgan fingerprint density at radius 3 is 2.62 bits per heavy atom. The molecule has 0 aliphatic carbocycles. The highest BCUT2D eigenvalue weighted by atomic mass is 15.4. The molecule has 5 nitrogen and oxygen atoms in total. The predicted octanol–water partition coefficient (Wildman–Crippen LogP) is 1.62. The zero-order chi connectivity index (χ0) is 11.1. The molecule has 3 rings (SSSR count). The van der Waals surface area contributed by atoms with Crippen molar-refractivity contribution in [1.29, 1.82) is 0 Å². The lowest BCUT2D eigenvalue weighted by Gasteiger charge is -1.98. The van der Waals surface area contributed by atoms with Crippen LogP contribution in [0.25, 0.3) is 16.9 Å². The van der Waals surface area contributed by atoms with Gasteiger partial charge in [-0.15, -0.1) is 10.2 Å². The topological polar surface area (TPSA) is 72.0 Å². The van der Waals surface area contributed by atoms with E-state index in [9.17, 15) is 0 Å². The maximum atomic E-state index is 6.03. The number of nitrogens with two attached hydrogens (primary N) is 1. The summed E-state index contributed by atoms with van der Waals surface area (Å²) in [5.41, 5.74) is 9.27. The first-order valence-corrected chi connectivity index (χ1v) is 5.02. The van der Waals surface area contributed by atoms with Crippen LogP contribution in [0.5, 0.6) is 0 Å². The van der Waals surface area contributed by atoms with Crippen molar-refractivity contribution in [3.63, 3.8) is 0 Å². The Morgan fingerprint density at radius 2 is 1.94 bits per heavy atom. The third-order valence-corrected chi connectivity index (χ3v) is 2.62. The van der Waals surface area contributed by atoms with Gasteiger partial charge in [-0.25, -0.2) is 4.52 Å². The third-order valence-electron chi connectivity index (χ3n) is 2.62. The molecule has 0 spiro atoms. The van der Waals surface area contributed by atoms with Crippen molar-refractivity contribution in [3.05, 3.63) is 36.2 Å². The van der Waals surface area contributed by atoms with Gasteiger partial charge < -0.3 is 5.73 Å². The average Bonchev–Trinajstić information content (AvgIpc) is 2.83. The van der Waals surface area contributed by atoms with Crippen LogP contribution in [0, 0.1) is 6.92 Å². The quantitative estimate of drug-likeness (QED) is 0.645. The number of rotatable bonds is 1. The summed E-state index contributed by atoms with van der Waals surface area (Å²) in [6.07, 6.45) is 0. The molecule has 80 valence electrons. The molecule has 0 amide bonds. The SMILES string of the molecule is Cc1nnc2c(N)c(-c3ccccc3)[nH]n12. The Kier molecular flexibility index (Phi) is 1.73. The van der Waals surface area contributed by atoms with E-state index in [0.717, 1.165) is 17.1 Å². The Balaban J connectivity index is 2.29. The molecule has 5 heteroatoms. The minimum Gasteiger partial charge on any atom is -0.394 e. The van der Waals surface area contributed by atoms with Crippen molar-refractivity contribution < 1.29 is 0 Å². The molecule has 1 aromatic carbocycles. The maximum Gasteiger partial charge on any atom is 0.201 e. The molecule has 2 heterocycles. The maximum absolute atomic E-state index is 6.03. The number of aryl methyl sites for hydroxylation is 1. The molecule has 3 N–H and O–H groups in total. The summed E-state index contributed by atoms with van der Waals surface area (Å²) in [5.74, 6) is 0.795. The molecule has 2 aromatic heterocycles. The predicted molar refractivity (Wildman–Crippen MR) is 61.9 cm³/mol. The van der Waals surface area contributed by atoms with Gasteiger partial charge in [0.2, 0.25) is 5.65 Å². The van der Waals surface area contributed by atoms with Crippen LogP contribution in [-0.2, 0) is 0 Å². The first-order chi connectivity index (χ1) is 7.77. The van der Waals surface area contributed by atoms with Crippen LogP contribution in [0.4, 0.5) is 5.69 Å². The summed E-state index contributed by atoms with van der Waals surface area (Å²) < 4.78 is 1.79. The lowest BCUT2D eigenvalue weighted by atomic mass is 10.1. The van der Waals surface area contributed by atoms with E-state index >= 15 is 0 Å². The minimum atomic E-state index is 0.631.